The summed E-state index contributed by atoms with van der Waals surface area (Å²) in [7, 11) is 0. The highest BCUT2D eigenvalue weighted by Gasteiger charge is 2.50. The average molecular weight is 153 g/mol. The van der Waals surface area contributed by atoms with Crippen LogP contribution >= 0.6 is 0 Å². The monoisotopic (exact) mass is 153 g/mol. The first-order valence-corrected chi connectivity index (χ1v) is 4.70. The van der Waals surface area contributed by atoms with Crippen molar-refractivity contribution < 1.29 is 4.74 Å². The Morgan fingerprint density at radius 1 is 1.18 bits per heavy atom. The van der Waals surface area contributed by atoms with E-state index >= 15 is 0 Å². The largest absolute Gasteiger partial charge is 0.378 e. The summed E-state index contributed by atoms with van der Waals surface area (Å²) >= 11 is 0. The number of ether oxygens (including phenoxy) is 1. The molecule has 0 amide bonds. The molecule has 0 radical (unpaired) electrons. The third kappa shape index (κ3) is 0.798. The highest BCUT2D eigenvalue weighted by Crippen LogP contribution is 2.49. The van der Waals surface area contributed by atoms with Crippen LogP contribution in [0.5, 0.6) is 0 Å². The molecule has 0 aromatic heterocycles. The van der Waals surface area contributed by atoms with Gasteiger partial charge in [0.25, 0.3) is 0 Å². The predicted octanol–water partition coefficient (Wildman–Crippen LogP) is 0.871. The molecule has 2 nitrogen and oxygen atoms in total. The van der Waals surface area contributed by atoms with Gasteiger partial charge in [0.2, 0.25) is 0 Å². The minimum atomic E-state index is 0.793. The fourth-order valence-corrected chi connectivity index (χ4v) is 2.50. The van der Waals surface area contributed by atoms with E-state index in [2.05, 4.69) is 4.90 Å². The highest BCUT2D eigenvalue weighted by atomic mass is 16.5. The van der Waals surface area contributed by atoms with Crippen LogP contribution in [0.2, 0.25) is 0 Å². The standard InChI is InChI=1S/C9H15NO/c1-2-9(3-1)6-10(7-9)8-4-11-5-8/h8H,1-7H2. The molecule has 11 heavy (non-hydrogen) atoms. The normalized spacial score (nSPS) is 36.0. The zero-order valence-corrected chi connectivity index (χ0v) is 6.88. The van der Waals surface area contributed by atoms with Gasteiger partial charge in [-0.1, -0.05) is 6.42 Å². The van der Waals surface area contributed by atoms with Gasteiger partial charge in [-0.25, -0.2) is 0 Å². The lowest BCUT2D eigenvalue weighted by Gasteiger charge is -2.59. The molecule has 3 rings (SSSR count). The lowest BCUT2D eigenvalue weighted by molar-refractivity contribution is -0.153. The van der Waals surface area contributed by atoms with Crippen molar-refractivity contribution in [3.05, 3.63) is 0 Å². The van der Waals surface area contributed by atoms with Gasteiger partial charge in [-0.3, -0.25) is 4.90 Å². The Balaban J connectivity index is 1.55. The van der Waals surface area contributed by atoms with Crippen molar-refractivity contribution in [2.24, 2.45) is 5.41 Å². The molecule has 0 aromatic rings. The van der Waals surface area contributed by atoms with Crippen LogP contribution in [0.25, 0.3) is 0 Å². The Morgan fingerprint density at radius 2 is 1.91 bits per heavy atom. The average Bonchev–Trinajstić information content (AvgIpc) is 1.66. The van der Waals surface area contributed by atoms with Crippen molar-refractivity contribution in [3.8, 4) is 0 Å². The molecule has 0 aromatic carbocycles. The Kier molecular flexibility index (Phi) is 1.16. The van der Waals surface area contributed by atoms with E-state index in [0.29, 0.717) is 0 Å². The van der Waals surface area contributed by atoms with Crippen molar-refractivity contribution in [2.75, 3.05) is 26.3 Å². The molecule has 0 bridgehead atoms. The fourth-order valence-electron chi connectivity index (χ4n) is 2.50. The van der Waals surface area contributed by atoms with E-state index in [1.54, 1.807) is 0 Å². The van der Waals surface area contributed by atoms with Crippen LogP contribution in [0.1, 0.15) is 19.3 Å². The maximum absolute atomic E-state index is 5.17. The van der Waals surface area contributed by atoms with E-state index in [1.165, 1.54) is 32.4 Å². The van der Waals surface area contributed by atoms with Gasteiger partial charge in [0.05, 0.1) is 19.3 Å². The van der Waals surface area contributed by atoms with Crippen molar-refractivity contribution in [3.63, 3.8) is 0 Å². The van der Waals surface area contributed by atoms with Crippen LogP contribution in [-0.2, 0) is 4.74 Å². The summed E-state index contributed by atoms with van der Waals surface area (Å²) in [4.78, 5) is 2.60. The van der Waals surface area contributed by atoms with E-state index < -0.39 is 0 Å². The molecule has 0 atom stereocenters. The summed E-state index contributed by atoms with van der Waals surface area (Å²) in [5.41, 5.74) is 0.801. The maximum atomic E-state index is 5.17. The van der Waals surface area contributed by atoms with E-state index in [-0.39, 0.29) is 0 Å². The van der Waals surface area contributed by atoms with Gasteiger partial charge in [0.1, 0.15) is 0 Å². The quantitative estimate of drug-likeness (QED) is 0.554. The summed E-state index contributed by atoms with van der Waals surface area (Å²) < 4.78 is 5.17. The molecular weight excluding hydrogens is 138 g/mol. The summed E-state index contributed by atoms with van der Waals surface area (Å²) in [6, 6.07) is 0.793. The smallest absolute Gasteiger partial charge is 0.0645 e. The van der Waals surface area contributed by atoms with Gasteiger partial charge >= 0.3 is 0 Å². The lowest BCUT2D eigenvalue weighted by Crippen LogP contribution is -2.66. The van der Waals surface area contributed by atoms with E-state index in [0.717, 1.165) is 24.7 Å². The van der Waals surface area contributed by atoms with Gasteiger partial charge in [-0.05, 0) is 18.3 Å². The molecule has 3 fully saturated rings. The summed E-state index contributed by atoms with van der Waals surface area (Å²) in [6.45, 7) is 4.74. The number of rotatable bonds is 1. The molecule has 0 unspecified atom stereocenters. The number of likely N-dealkylation sites (tertiary alicyclic amines) is 1. The fraction of sp³-hybridized carbons (Fsp3) is 1.00. The number of nitrogens with zero attached hydrogens (tertiary/aromatic N) is 1. The van der Waals surface area contributed by atoms with E-state index in [9.17, 15) is 0 Å². The molecule has 1 aliphatic carbocycles. The van der Waals surface area contributed by atoms with Gasteiger partial charge < -0.3 is 4.74 Å². The first-order valence-electron chi connectivity index (χ1n) is 4.70. The Labute approximate surface area is 67.5 Å². The first kappa shape index (κ1) is 6.44. The molecule has 1 saturated carbocycles. The third-order valence-electron chi connectivity index (χ3n) is 3.63. The lowest BCUT2D eigenvalue weighted by atomic mass is 9.63. The maximum Gasteiger partial charge on any atom is 0.0645 e. The van der Waals surface area contributed by atoms with Gasteiger partial charge in [-0.15, -0.1) is 0 Å². The molecular formula is C9H15NO. The van der Waals surface area contributed by atoms with Crippen LogP contribution in [-0.4, -0.2) is 37.2 Å². The zero-order chi connectivity index (χ0) is 7.31. The molecule has 3 aliphatic rings. The summed E-state index contributed by atoms with van der Waals surface area (Å²) in [6.07, 6.45) is 4.48. The highest BCUT2D eigenvalue weighted by molar-refractivity contribution is 5.03. The van der Waals surface area contributed by atoms with Crippen LogP contribution in [0.3, 0.4) is 0 Å². The van der Waals surface area contributed by atoms with Gasteiger partial charge in [-0.2, -0.15) is 0 Å². The van der Waals surface area contributed by atoms with Crippen molar-refractivity contribution in [2.45, 2.75) is 25.3 Å². The molecule has 2 aliphatic heterocycles. The second-order valence-electron chi connectivity index (χ2n) is 4.45. The van der Waals surface area contributed by atoms with Crippen molar-refractivity contribution in [1.82, 2.24) is 4.90 Å². The summed E-state index contributed by atoms with van der Waals surface area (Å²) in [5.74, 6) is 0. The Hall–Kier alpha value is -0.0800. The minimum absolute atomic E-state index is 0.793. The van der Waals surface area contributed by atoms with E-state index in [4.69, 9.17) is 4.74 Å². The molecule has 2 heterocycles. The number of hydrogen-bond donors (Lipinski definition) is 0. The SMILES string of the molecule is C1CC2(C1)CN(C1COC1)C2. The molecule has 2 saturated heterocycles. The molecule has 62 valence electrons. The Bertz CT molecular complexity index is 164. The predicted molar refractivity (Wildman–Crippen MR) is 42.5 cm³/mol. The summed E-state index contributed by atoms with van der Waals surface area (Å²) in [5, 5.41) is 0. The second-order valence-corrected chi connectivity index (χ2v) is 4.45. The van der Waals surface area contributed by atoms with Crippen LogP contribution in [0, 0.1) is 5.41 Å². The van der Waals surface area contributed by atoms with Crippen molar-refractivity contribution >= 4 is 0 Å². The topological polar surface area (TPSA) is 12.5 Å². The van der Waals surface area contributed by atoms with Crippen molar-refractivity contribution in [1.29, 1.82) is 0 Å². The van der Waals surface area contributed by atoms with Gasteiger partial charge in [0, 0.05) is 13.1 Å². The second kappa shape index (κ2) is 1.99. The van der Waals surface area contributed by atoms with Crippen LogP contribution < -0.4 is 0 Å². The first-order chi connectivity index (χ1) is 5.38. The van der Waals surface area contributed by atoms with E-state index in [1.807, 2.05) is 0 Å². The van der Waals surface area contributed by atoms with Gasteiger partial charge in [0.15, 0.2) is 0 Å². The van der Waals surface area contributed by atoms with Crippen LogP contribution in [0.4, 0.5) is 0 Å². The Morgan fingerprint density at radius 3 is 2.27 bits per heavy atom. The third-order valence-corrected chi connectivity index (χ3v) is 3.63. The molecule has 2 heteroatoms. The molecule has 1 spiro atoms. The van der Waals surface area contributed by atoms with Crippen LogP contribution in [0.15, 0.2) is 0 Å². The number of hydrogen-bond acceptors (Lipinski definition) is 2. The zero-order valence-electron chi connectivity index (χ0n) is 6.88. The molecule has 0 N–H and O–H groups in total. The minimum Gasteiger partial charge on any atom is -0.378 e.